The molecule has 0 atom stereocenters. The molecule has 0 amide bonds. The molecule has 0 aromatic carbocycles. The highest BCUT2D eigenvalue weighted by molar-refractivity contribution is 5.46. The van der Waals surface area contributed by atoms with Gasteiger partial charge in [0.1, 0.15) is 11.6 Å². The van der Waals surface area contributed by atoms with E-state index in [2.05, 4.69) is 40.1 Å². The lowest BCUT2D eigenvalue weighted by atomic mass is 10.0. The second-order valence-electron chi connectivity index (χ2n) is 7.33. The summed E-state index contributed by atoms with van der Waals surface area (Å²) in [7, 11) is 1.69. The predicted molar refractivity (Wildman–Crippen MR) is 108 cm³/mol. The molecule has 27 heavy (non-hydrogen) atoms. The first-order valence-electron chi connectivity index (χ1n) is 9.83. The van der Waals surface area contributed by atoms with E-state index in [9.17, 15) is 0 Å². The standard InChI is InChI=1S/C21H31N5O/c1-6-17-12-22-16(4)25-20(17)26-9-7-18(8-10-26)23-13-19-14(2)11-15(3)24-21(19)27-5/h11-12,18,23H,6-10,13H2,1-5H3. The molecule has 0 spiro atoms. The molecular weight excluding hydrogens is 338 g/mol. The van der Waals surface area contributed by atoms with Crippen LogP contribution in [0.1, 0.15) is 48.0 Å². The molecule has 6 nitrogen and oxygen atoms in total. The van der Waals surface area contributed by atoms with Crippen molar-refractivity contribution < 1.29 is 4.74 Å². The van der Waals surface area contributed by atoms with Crippen LogP contribution in [0.15, 0.2) is 12.3 Å². The van der Waals surface area contributed by atoms with E-state index in [1.54, 1.807) is 7.11 Å². The lowest BCUT2D eigenvalue weighted by Gasteiger charge is -2.34. The Kier molecular flexibility index (Phi) is 6.26. The van der Waals surface area contributed by atoms with Crippen LogP contribution >= 0.6 is 0 Å². The Labute approximate surface area is 162 Å². The van der Waals surface area contributed by atoms with Crippen LogP contribution in [0, 0.1) is 20.8 Å². The molecule has 6 heteroatoms. The van der Waals surface area contributed by atoms with Crippen molar-refractivity contribution in [1.82, 2.24) is 20.3 Å². The molecule has 0 unspecified atom stereocenters. The average molecular weight is 370 g/mol. The molecule has 3 rings (SSSR count). The van der Waals surface area contributed by atoms with E-state index >= 15 is 0 Å². The van der Waals surface area contributed by atoms with Crippen molar-refractivity contribution in [2.75, 3.05) is 25.1 Å². The zero-order valence-electron chi connectivity index (χ0n) is 17.2. The van der Waals surface area contributed by atoms with Crippen LogP contribution in [0.5, 0.6) is 5.88 Å². The second kappa shape index (κ2) is 8.65. The SMILES string of the molecule is CCc1cnc(C)nc1N1CCC(NCc2c(C)cc(C)nc2OC)CC1. The molecule has 0 bridgehead atoms. The van der Waals surface area contributed by atoms with Gasteiger partial charge in [-0.2, -0.15) is 0 Å². The van der Waals surface area contributed by atoms with Crippen LogP contribution in [0.4, 0.5) is 5.82 Å². The molecular formula is C21H31N5O. The fourth-order valence-electron chi connectivity index (χ4n) is 3.76. The van der Waals surface area contributed by atoms with Gasteiger partial charge in [-0.15, -0.1) is 0 Å². The molecule has 1 saturated heterocycles. The molecule has 0 saturated carbocycles. The van der Waals surface area contributed by atoms with Crippen LogP contribution in [-0.2, 0) is 13.0 Å². The fraction of sp³-hybridized carbons (Fsp3) is 0.571. The molecule has 1 aliphatic heterocycles. The summed E-state index contributed by atoms with van der Waals surface area (Å²) in [6.07, 6.45) is 5.15. The van der Waals surface area contributed by atoms with E-state index in [1.807, 2.05) is 20.0 Å². The minimum atomic E-state index is 0.500. The molecule has 0 radical (unpaired) electrons. The smallest absolute Gasteiger partial charge is 0.218 e. The Balaban J connectivity index is 1.60. The third kappa shape index (κ3) is 4.56. The molecule has 3 heterocycles. The van der Waals surface area contributed by atoms with Gasteiger partial charge >= 0.3 is 0 Å². The number of pyridine rings is 1. The van der Waals surface area contributed by atoms with E-state index in [4.69, 9.17) is 9.72 Å². The Morgan fingerprint density at radius 1 is 1.19 bits per heavy atom. The number of anilines is 1. The zero-order chi connectivity index (χ0) is 19.4. The predicted octanol–water partition coefficient (Wildman–Crippen LogP) is 3.13. The van der Waals surface area contributed by atoms with Crippen LogP contribution < -0.4 is 15.0 Å². The number of hydrogen-bond acceptors (Lipinski definition) is 6. The topological polar surface area (TPSA) is 63.2 Å². The number of ether oxygens (including phenoxy) is 1. The zero-order valence-corrected chi connectivity index (χ0v) is 17.2. The molecule has 2 aromatic rings. The second-order valence-corrected chi connectivity index (χ2v) is 7.33. The van der Waals surface area contributed by atoms with Crippen LogP contribution in [-0.4, -0.2) is 41.2 Å². The minimum Gasteiger partial charge on any atom is -0.481 e. The fourth-order valence-corrected chi connectivity index (χ4v) is 3.76. The van der Waals surface area contributed by atoms with E-state index in [1.165, 1.54) is 11.1 Å². The molecule has 1 aliphatic rings. The lowest BCUT2D eigenvalue weighted by Crippen LogP contribution is -2.43. The number of aromatic nitrogens is 3. The Hall–Kier alpha value is -2.21. The summed E-state index contributed by atoms with van der Waals surface area (Å²) >= 11 is 0. The van der Waals surface area contributed by atoms with Gasteiger partial charge in [0.25, 0.3) is 0 Å². The third-order valence-corrected chi connectivity index (χ3v) is 5.34. The number of hydrogen-bond donors (Lipinski definition) is 1. The molecule has 2 aromatic heterocycles. The Bertz CT molecular complexity index is 784. The van der Waals surface area contributed by atoms with Gasteiger partial charge < -0.3 is 15.0 Å². The van der Waals surface area contributed by atoms with Crippen LogP contribution in [0.25, 0.3) is 0 Å². The largest absolute Gasteiger partial charge is 0.481 e. The van der Waals surface area contributed by atoms with Crippen molar-refractivity contribution in [2.24, 2.45) is 0 Å². The normalized spacial score (nSPS) is 15.2. The highest BCUT2D eigenvalue weighted by atomic mass is 16.5. The van der Waals surface area contributed by atoms with Crippen molar-refractivity contribution in [2.45, 2.75) is 59.5 Å². The van der Waals surface area contributed by atoms with E-state index in [0.29, 0.717) is 6.04 Å². The number of nitrogens with zero attached hydrogens (tertiary/aromatic N) is 4. The first kappa shape index (κ1) is 19.5. The maximum atomic E-state index is 5.48. The van der Waals surface area contributed by atoms with E-state index in [0.717, 1.165) is 67.7 Å². The Morgan fingerprint density at radius 3 is 2.59 bits per heavy atom. The summed E-state index contributed by atoms with van der Waals surface area (Å²) in [5, 5.41) is 3.71. The maximum absolute atomic E-state index is 5.48. The molecule has 146 valence electrons. The van der Waals surface area contributed by atoms with Gasteiger partial charge in [-0.25, -0.2) is 15.0 Å². The molecule has 0 aliphatic carbocycles. The molecule has 1 N–H and O–H groups in total. The van der Waals surface area contributed by atoms with E-state index in [-0.39, 0.29) is 0 Å². The first-order valence-corrected chi connectivity index (χ1v) is 9.83. The summed E-state index contributed by atoms with van der Waals surface area (Å²) < 4.78 is 5.48. The van der Waals surface area contributed by atoms with Crippen LogP contribution in [0.3, 0.4) is 0 Å². The van der Waals surface area contributed by atoms with Gasteiger partial charge in [-0.05, 0) is 51.7 Å². The highest BCUT2D eigenvalue weighted by Crippen LogP contribution is 2.24. The van der Waals surface area contributed by atoms with Gasteiger partial charge in [0.2, 0.25) is 5.88 Å². The van der Waals surface area contributed by atoms with Gasteiger partial charge in [0.15, 0.2) is 0 Å². The van der Waals surface area contributed by atoms with Crippen molar-refractivity contribution in [3.63, 3.8) is 0 Å². The summed E-state index contributed by atoms with van der Waals surface area (Å²) in [5.74, 6) is 2.70. The van der Waals surface area contributed by atoms with Gasteiger partial charge in [0, 0.05) is 48.7 Å². The maximum Gasteiger partial charge on any atom is 0.218 e. The minimum absolute atomic E-state index is 0.500. The number of piperidine rings is 1. The number of methoxy groups -OCH3 is 1. The third-order valence-electron chi connectivity index (χ3n) is 5.34. The van der Waals surface area contributed by atoms with E-state index < -0.39 is 0 Å². The van der Waals surface area contributed by atoms with Crippen LogP contribution in [0.2, 0.25) is 0 Å². The summed E-state index contributed by atoms with van der Waals surface area (Å²) in [6.45, 7) is 11.1. The number of aryl methyl sites for hydroxylation is 4. The monoisotopic (exact) mass is 369 g/mol. The van der Waals surface area contributed by atoms with Crippen molar-refractivity contribution >= 4 is 5.82 Å². The lowest BCUT2D eigenvalue weighted by molar-refractivity contribution is 0.378. The quantitative estimate of drug-likeness (QED) is 0.844. The summed E-state index contributed by atoms with van der Waals surface area (Å²) in [5.41, 5.74) is 4.62. The molecule has 1 fully saturated rings. The first-order chi connectivity index (χ1) is 13.0. The number of rotatable bonds is 6. The van der Waals surface area contributed by atoms with Gasteiger partial charge in [-0.1, -0.05) is 6.92 Å². The average Bonchev–Trinajstić information content (AvgIpc) is 2.67. The van der Waals surface area contributed by atoms with Gasteiger partial charge in [-0.3, -0.25) is 0 Å². The summed E-state index contributed by atoms with van der Waals surface area (Å²) in [4.78, 5) is 16.0. The van der Waals surface area contributed by atoms with Gasteiger partial charge in [0.05, 0.1) is 7.11 Å². The number of nitrogens with one attached hydrogen (secondary N) is 1. The summed E-state index contributed by atoms with van der Waals surface area (Å²) in [6, 6.07) is 2.62. The van der Waals surface area contributed by atoms with Crippen molar-refractivity contribution in [3.05, 3.63) is 40.5 Å². The Morgan fingerprint density at radius 2 is 1.93 bits per heavy atom. The highest BCUT2D eigenvalue weighted by Gasteiger charge is 2.22. The van der Waals surface area contributed by atoms with Crippen molar-refractivity contribution in [1.29, 1.82) is 0 Å². The van der Waals surface area contributed by atoms with Crippen molar-refractivity contribution in [3.8, 4) is 5.88 Å².